The Morgan fingerprint density at radius 2 is 2.05 bits per heavy atom. The number of hydrogen-bond donors (Lipinski definition) is 2. The van der Waals surface area contributed by atoms with Gasteiger partial charge in [-0.25, -0.2) is 0 Å². The minimum Gasteiger partial charge on any atom is -0.355 e. The largest absolute Gasteiger partial charge is 0.355 e. The number of halogens is 1. The van der Waals surface area contributed by atoms with E-state index in [0.717, 1.165) is 24.2 Å². The molecule has 5 heteroatoms. The van der Waals surface area contributed by atoms with Gasteiger partial charge in [-0.15, -0.1) is 0 Å². The van der Waals surface area contributed by atoms with E-state index in [1.54, 1.807) is 12.3 Å². The van der Waals surface area contributed by atoms with Gasteiger partial charge in [0.15, 0.2) is 0 Å². The fraction of sp³-hybridized carbons (Fsp3) is 0.250. The van der Waals surface area contributed by atoms with Crippen molar-refractivity contribution in [1.82, 2.24) is 10.3 Å². The first kappa shape index (κ1) is 15.3. The summed E-state index contributed by atoms with van der Waals surface area (Å²) in [5.74, 6) is -0.154. The number of hydrogen-bond acceptors (Lipinski definition) is 3. The molecule has 0 unspecified atom stereocenters. The van der Waals surface area contributed by atoms with Crippen LogP contribution in [0.25, 0.3) is 0 Å². The number of rotatable bonds is 6. The molecule has 0 atom stereocenters. The van der Waals surface area contributed by atoms with Crippen molar-refractivity contribution in [2.75, 3.05) is 11.9 Å². The number of unbranched alkanes of at least 4 members (excludes halogenated alkanes) is 1. The molecule has 0 aliphatic carbocycles. The SMILES string of the molecule is CCCCNC(=O)c1cc(Nc2cccc(Cl)c2)ccn1. The number of benzene rings is 1. The quantitative estimate of drug-likeness (QED) is 0.793. The second-order valence-corrected chi connectivity index (χ2v) is 5.11. The van der Waals surface area contributed by atoms with Gasteiger partial charge < -0.3 is 10.6 Å². The maximum atomic E-state index is 12.0. The van der Waals surface area contributed by atoms with E-state index in [1.807, 2.05) is 30.3 Å². The third kappa shape index (κ3) is 4.76. The molecule has 2 aromatic rings. The minimum atomic E-state index is -0.154. The molecule has 0 bridgehead atoms. The molecule has 1 heterocycles. The van der Waals surface area contributed by atoms with E-state index in [4.69, 9.17) is 11.6 Å². The van der Waals surface area contributed by atoms with Crippen LogP contribution in [0.3, 0.4) is 0 Å². The highest BCUT2D eigenvalue weighted by Crippen LogP contribution is 2.20. The first-order chi connectivity index (χ1) is 10.2. The van der Waals surface area contributed by atoms with Crippen LogP contribution in [0.2, 0.25) is 5.02 Å². The van der Waals surface area contributed by atoms with Crippen molar-refractivity contribution < 1.29 is 4.79 Å². The van der Waals surface area contributed by atoms with Crippen molar-refractivity contribution in [3.63, 3.8) is 0 Å². The lowest BCUT2D eigenvalue weighted by Crippen LogP contribution is -2.25. The Balaban J connectivity index is 2.05. The van der Waals surface area contributed by atoms with E-state index in [0.29, 0.717) is 17.3 Å². The van der Waals surface area contributed by atoms with Crippen molar-refractivity contribution in [3.05, 3.63) is 53.3 Å². The maximum Gasteiger partial charge on any atom is 0.269 e. The summed E-state index contributed by atoms with van der Waals surface area (Å²) in [7, 11) is 0. The molecule has 0 aliphatic rings. The van der Waals surface area contributed by atoms with Gasteiger partial charge in [0.05, 0.1) is 0 Å². The Morgan fingerprint density at radius 1 is 1.24 bits per heavy atom. The summed E-state index contributed by atoms with van der Waals surface area (Å²) in [6.07, 6.45) is 3.62. The maximum absolute atomic E-state index is 12.0. The summed E-state index contributed by atoms with van der Waals surface area (Å²) in [4.78, 5) is 16.1. The molecule has 2 rings (SSSR count). The van der Waals surface area contributed by atoms with E-state index in [2.05, 4.69) is 22.5 Å². The lowest BCUT2D eigenvalue weighted by Gasteiger charge is -2.08. The highest BCUT2D eigenvalue weighted by Gasteiger charge is 2.07. The van der Waals surface area contributed by atoms with Crippen molar-refractivity contribution in [3.8, 4) is 0 Å². The van der Waals surface area contributed by atoms with Crippen LogP contribution in [0.5, 0.6) is 0 Å². The van der Waals surface area contributed by atoms with E-state index in [9.17, 15) is 4.79 Å². The fourth-order valence-electron chi connectivity index (χ4n) is 1.83. The number of pyridine rings is 1. The average molecular weight is 304 g/mol. The normalized spacial score (nSPS) is 10.2. The first-order valence-electron chi connectivity index (χ1n) is 6.96. The molecule has 0 saturated carbocycles. The van der Waals surface area contributed by atoms with Crippen LogP contribution in [0.4, 0.5) is 11.4 Å². The Bertz CT molecular complexity index is 616. The Hall–Kier alpha value is -2.07. The van der Waals surface area contributed by atoms with Gasteiger partial charge in [-0.2, -0.15) is 0 Å². The topological polar surface area (TPSA) is 54.0 Å². The van der Waals surface area contributed by atoms with Gasteiger partial charge in [-0.3, -0.25) is 9.78 Å². The number of amides is 1. The predicted octanol–water partition coefficient (Wildman–Crippen LogP) is 4.01. The molecule has 0 fully saturated rings. The van der Waals surface area contributed by atoms with Crippen molar-refractivity contribution in [2.24, 2.45) is 0 Å². The summed E-state index contributed by atoms with van der Waals surface area (Å²) in [5, 5.41) is 6.71. The van der Waals surface area contributed by atoms with Gasteiger partial charge in [0.25, 0.3) is 5.91 Å². The molecule has 0 spiro atoms. The number of nitrogens with one attached hydrogen (secondary N) is 2. The van der Waals surface area contributed by atoms with Crippen molar-refractivity contribution >= 4 is 28.9 Å². The van der Waals surface area contributed by atoms with Crippen LogP contribution in [0, 0.1) is 0 Å². The van der Waals surface area contributed by atoms with Crippen LogP contribution >= 0.6 is 11.6 Å². The molecule has 21 heavy (non-hydrogen) atoms. The average Bonchev–Trinajstić information content (AvgIpc) is 2.48. The van der Waals surface area contributed by atoms with Gasteiger partial charge in [-0.1, -0.05) is 31.0 Å². The lowest BCUT2D eigenvalue weighted by molar-refractivity contribution is 0.0948. The van der Waals surface area contributed by atoms with E-state index < -0.39 is 0 Å². The fourth-order valence-corrected chi connectivity index (χ4v) is 2.02. The summed E-state index contributed by atoms with van der Waals surface area (Å²) in [6, 6.07) is 10.9. The van der Waals surface area contributed by atoms with E-state index in [1.165, 1.54) is 0 Å². The number of carbonyl (C=O) groups is 1. The Kier molecular flexibility index (Phi) is 5.58. The smallest absolute Gasteiger partial charge is 0.269 e. The molecule has 1 aromatic heterocycles. The third-order valence-corrected chi connectivity index (χ3v) is 3.16. The molecule has 0 saturated heterocycles. The highest BCUT2D eigenvalue weighted by molar-refractivity contribution is 6.30. The molecule has 110 valence electrons. The van der Waals surface area contributed by atoms with Crippen LogP contribution in [-0.2, 0) is 0 Å². The molecule has 0 radical (unpaired) electrons. The van der Waals surface area contributed by atoms with Crippen molar-refractivity contribution in [2.45, 2.75) is 19.8 Å². The number of carbonyl (C=O) groups excluding carboxylic acids is 1. The summed E-state index contributed by atoms with van der Waals surface area (Å²) in [6.45, 7) is 2.75. The molecule has 0 aliphatic heterocycles. The predicted molar refractivity (Wildman–Crippen MR) is 86.2 cm³/mol. The zero-order valence-electron chi connectivity index (χ0n) is 11.9. The number of anilines is 2. The van der Waals surface area contributed by atoms with Crippen molar-refractivity contribution in [1.29, 1.82) is 0 Å². The van der Waals surface area contributed by atoms with Gasteiger partial charge in [0, 0.05) is 29.1 Å². The summed E-state index contributed by atoms with van der Waals surface area (Å²) >= 11 is 5.95. The monoisotopic (exact) mass is 303 g/mol. The van der Waals surface area contributed by atoms with Gasteiger partial charge >= 0.3 is 0 Å². The Labute approximate surface area is 129 Å². The standard InChI is InChI=1S/C16H18ClN3O/c1-2-3-8-19-16(21)15-11-14(7-9-18-15)20-13-6-4-5-12(17)10-13/h4-7,9-11H,2-3,8H2,1H3,(H,18,20)(H,19,21). The van der Waals surface area contributed by atoms with Gasteiger partial charge in [0.2, 0.25) is 0 Å². The molecular weight excluding hydrogens is 286 g/mol. The molecule has 2 N–H and O–H groups in total. The van der Waals surface area contributed by atoms with Gasteiger partial charge in [-0.05, 0) is 36.8 Å². The lowest BCUT2D eigenvalue weighted by atomic mass is 10.2. The molecule has 1 amide bonds. The Morgan fingerprint density at radius 3 is 2.81 bits per heavy atom. The minimum absolute atomic E-state index is 0.154. The zero-order valence-corrected chi connectivity index (χ0v) is 12.7. The molecular formula is C16H18ClN3O. The van der Waals surface area contributed by atoms with Gasteiger partial charge in [0.1, 0.15) is 5.69 Å². The van der Waals surface area contributed by atoms with E-state index in [-0.39, 0.29) is 5.91 Å². The first-order valence-corrected chi connectivity index (χ1v) is 7.33. The second-order valence-electron chi connectivity index (χ2n) is 4.67. The molecule has 1 aromatic carbocycles. The highest BCUT2D eigenvalue weighted by atomic mass is 35.5. The molecule has 4 nitrogen and oxygen atoms in total. The summed E-state index contributed by atoms with van der Waals surface area (Å²) < 4.78 is 0. The van der Waals surface area contributed by atoms with Crippen LogP contribution in [-0.4, -0.2) is 17.4 Å². The summed E-state index contributed by atoms with van der Waals surface area (Å²) in [5.41, 5.74) is 2.07. The second kappa shape index (κ2) is 7.64. The zero-order chi connectivity index (χ0) is 15.1. The van der Waals surface area contributed by atoms with E-state index >= 15 is 0 Å². The van der Waals surface area contributed by atoms with Crippen LogP contribution < -0.4 is 10.6 Å². The third-order valence-electron chi connectivity index (χ3n) is 2.92. The number of nitrogens with zero attached hydrogens (tertiary/aromatic N) is 1. The number of aromatic nitrogens is 1. The van der Waals surface area contributed by atoms with Crippen LogP contribution in [0.15, 0.2) is 42.6 Å². The van der Waals surface area contributed by atoms with Crippen LogP contribution in [0.1, 0.15) is 30.3 Å².